The fourth-order valence-corrected chi connectivity index (χ4v) is 5.73. The lowest BCUT2D eigenvalue weighted by Gasteiger charge is -2.58. The number of hydrogen-bond donors (Lipinski definition) is 1. The van der Waals surface area contributed by atoms with E-state index in [1.165, 1.54) is 54.8 Å². The second kappa shape index (κ2) is 9.60. The summed E-state index contributed by atoms with van der Waals surface area (Å²) in [4.78, 5) is 29.0. The van der Waals surface area contributed by atoms with Crippen LogP contribution in [0.3, 0.4) is 0 Å². The van der Waals surface area contributed by atoms with E-state index in [1.54, 1.807) is 4.90 Å². The van der Waals surface area contributed by atoms with E-state index >= 15 is 0 Å². The van der Waals surface area contributed by atoms with Crippen LogP contribution in [0.15, 0.2) is 48.5 Å². The molecular weight excluding hydrogens is 431 g/mol. The molecule has 34 heavy (non-hydrogen) atoms. The Morgan fingerprint density at radius 2 is 1.76 bits per heavy atom. The Morgan fingerprint density at radius 1 is 1.06 bits per heavy atom. The van der Waals surface area contributed by atoms with Gasteiger partial charge < -0.3 is 14.9 Å². The van der Waals surface area contributed by atoms with Crippen molar-refractivity contribution < 1.29 is 19.1 Å². The first-order valence-corrected chi connectivity index (χ1v) is 12.1. The van der Waals surface area contributed by atoms with Crippen molar-refractivity contribution in [3.05, 3.63) is 71.0 Å². The maximum absolute atomic E-state index is 13.2. The van der Waals surface area contributed by atoms with Crippen LogP contribution in [0.5, 0.6) is 0 Å². The molecule has 0 spiro atoms. The van der Waals surface area contributed by atoms with Crippen LogP contribution in [0.1, 0.15) is 59.5 Å². The van der Waals surface area contributed by atoms with Crippen molar-refractivity contribution in [2.75, 3.05) is 19.7 Å². The Balaban J connectivity index is 1.29. The minimum atomic E-state index is -0.408. The van der Waals surface area contributed by atoms with Crippen molar-refractivity contribution in [2.45, 2.75) is 50.1 Å². The van der Waals surface area contributed by atoms with Gasteiger partial charge in [-0.25, -0.2) is 4.39 Å². The van der Waals surface area contributed by atoms with Gasteiger partial charge in [-0.1, -0.05) is 36.8 Å². The molecule has 1 N–H and O–H groups in total. The third-order valence-electron chi connectivity index (χ3n) is 7.52. The SMILES string of the molecule is O=C(c1ccc(F)cc1)N1CC(=O)N2[C@H](C1)[C@@H](c1ccc(C#CCC3CCCC3)cc1)[C@@H]2CO. The monoisotopic (exact) mass is 460 g/mol. The average Bonchev–Trinajstić information content (AvgIpc) is 3.35. The van der Waals surface area contributed by atoms with Crippen molar-refractivity contribution >= 4 is 11.8 Å². The molecule has 176 valence electrons. The molecule has 3 atom stereocenters. The molecule has 6 heteroatoms. The molecule has 3 aliphatic rings. The summed E-state index contributed by atoms with van der Waals surface area (Å²) in [5, 5.41) is 10.00. The van der Waals surface area contributed by atoms with Crippen LogP contribution in [0.2, 0.25) is 0 Å². The number of benzene rings is 2. The van der Waals surface area contributed by atoms with Gasteiger partial charge in [0.2, 0.25) is 5.91 Å². The van der Waals surface area contributed by atoms with Gasteiger partial charge in [-0.2, -0.15) is 0 Å². The fourth-order valence-electron chi connectivity index (χ4n) is 5.73. The third-order valence-corrected chi connectivity index (χ3v) is 7.52. The number of halogens is 1. The number of piperazine rings is 1. The van der Waals surface area contributed by atoms with E-state index in [1.807, 2.05) is 24.3 Å². The Bertz CT molecular complexity index is 1110. The number of aliphatic hydroxyl groups is 1. The minimum absolute atomic E-state index is 0.0363. The lowest BCUT2D eigenvalue weighted by atomic mass is 9.73. The molecule has 5 nitrogen and oxygen atoms in total. The first-order chi connectivity index (χ1) is 16.5. The standard InChI is InChI=1S/C28H29FN2O3/c29-23-14-12-22(13-15-23)28(34)30-16-24-27(25(18-32)31(24)26(33)17-30)21-10-8-20(9-11-21)7-3-6-19-4-1-2-5-19/h8-15,19,24-25,27,32H,1-2,4-6,16-18H2/t24-,25+,27-/m1/s1. The summed E-state index contributed by atoms with van der Waals surface area (Å²) in [5.41, 5.74) is 2.36. The summed E-state index contributed by atoms with van der Waals surface area (Å²) in [6.45, 7) is 0.222. The van der Waals surface area contributed by atoms with E-state index in [2.05, 4.69) is 11.8 Å². The first kappa shape index (κ1) is 22.6. The van der Waals surface area contributed by atoms with E-state index in [-0.39, 0.29) is 43.0 Å². The summed E-state index contributed by atoms with van der Waals surface area (Å²) in [6.07, 6.45) is 6.17. The first-order valence-electron chi connectivity index (χ1n) is 12.1. The molecule has 2 aliphatic heterocycles. The minimum Gasteiger partial charge on any atom is -0.394 e. The smallest absolute Gasteiger partial charge is 0.254 e. The predicted molar refractivity (Wildman–Crippen MR) is 126 cm³/mol. The number of aliphatic hydroxyl groups excluding tert-OH is 1. The molecular formula is C28H29FN2O3. The zero-order chi connectivity index (χ0) is 23.7. The molecule has 5 rings (SSSR count). The van der Waals surface area contributed by atoms with E-state index in [0.717, 1.165) is 23.5 Å². The van der Waals surface area contributed by atoms with Crippen molar-refractivity contribution in [2.24, 2.45) is 5.92 Å². The van der Waals surface area contributed by atoms with Crippen LogP contribution in [-0.2, 0) is 4.79 Å². The van der Waals surface area contributed by atoms with E-state index < -0.39 is 5.82 Å². The molecule has 0 unspecified atom stereocenters. The van der Waals surface area contributed by atoms with Gasteiger partial charge in [0.1, 0.15) is 12.4 Å². The zero-order valence-corrected chi connectivity index (χ0v) is 19.1. The molecule has 2 aromatic carbocycles. The third kappa shape index (κ3) is 4.33. The normalized spacial score (nSPS) is 24.3. The second-order valence-corrected chi connectivity index (χ2v) is 9.62. The van der Waals surface area contributed by atoms with Crippen LogP contribution in [0.4, 0.5) is 4.39 Å². The number of fused-ring (bicyclic) bond motifs is 1. The number of carbonyl (C=O) groups excluding carboxylic acids is 2. The average molecular weight is 461 g/mol. The van der Waals surface area contributed by atoms with Crippen LogP contribution >= 0.6 is 0 Å². The lowest BCUT2D eigenvalue weighted by molar-refractivity contribution is -0.159. The molecule has 2 saturated heterocycles. The molecule has 1 saturated carbocycles. The Morgan fingerprint density at radius 3 is 2.44 bits per heavy atom. The topological polar surface area (TPSA) is 60.9 Å². The Hall–Kier alpha value is -3.17. The summed E-state index contributed by atoms with van der Waals surface area (Å²) >= 11 is 0. The highest BCUT2D eigenvalue weighted by atomic mass is 19.1. The Labute approximate surface area is 199 Å². The van der Waals surface area contributed by atoms with Crippen molar-refractivity contribution in [1.82, 2.24) is 9.80 Å². The summed E-state index contributed by atoms with van der Waals surface area (Å²) in [6, 6.07) is 12.9. The van der Waals surface area contributed by atoms with E-state index in [9.17, 15) is 19.1 Å². The van der Waals surface area contributed by atoms with Gasteiger partial charge in [0.05, 0.1) is 18.7 Å². The van der Waals surface area contributed by atoms with Crippen molar-refractivity contribution in [3.8, 4) is 11.8 Å². The molecule has 3 fully saturated rings. The predicted octanol–water partition coefficient (Wildman–Crippen LogP) is 3.57. The van der Waals surface area contributed by atoms with Crippen molar-refractivity contribution in [1.29, 1.82) is 0 Å². The van der Waals surface area contributed by atoms with Gasteiger partial charge in [-0.05, 0) is 60.7 Å². The van der Waals surface area contributed by atoms with Gasteiger partial charge in [0.25, 0.3) is 5.91 Å². The summed E-state index contributed by atoms with van der Waals surface area (Å²) < 4.78 is 13.2. The molecule has 2 aromatic rings. The van der Waals surface area contributed by atoms with Crippen LogP contribution in [0.25, 0.3) is 0 Å². The van der Waals surface area contributed by atoms with Crippen LogP contribution in [0, 0.1) is 23.6 Å². The maximum Gasteiger partial charge on any atom is 0.254 e. The largest absolute Gasteiger partial charge is 0.394 e. The second-order valence-electron chi connectivity index (χ2n) is 9.62. The molecule has 0 radical (unpaired) electrons. The molecule has 0 bridgehead atoms. The number of nitrogens with zero attached hydrogens (tertiary/aromatic N) is 2. The summed E-state index contributed by atoms with van der Waals surface area (Å²) in [5.74, 6) is 6.40. The molecule has 0 aromatic heterocycles. The van der Waals surface area contributed by atoms with E-state index in [4.69, 9.17) is 0 Å². The lowest BCUT2D eigenvalue weighted by Crippen LogP contribution is -2.73. The summed E-state index contributed by atoms with van der Waals surface area (Å²) in [7, 11) is 0. The Kier molecular flexibility index (Phi) is 6.38. The van der Waals surface area contributed by atoms with Crippen LogP contribution < -0.4 is 0 Å². The molecule has 2 heterocycles. The van der Waals surface area contributed by atoms with Gasteiger partial charge >= 0.3 is 0 Å². The highest BCUT2D eigenvalue weighted by Gasteiger charge is 2.54. The molecule has 1 aliphatic carbocycles. The van der Waals surface area contributed by atoms with Gasteiger partial charge in [0.15, 0.2) is 0 Å². The van der Waals surface area contributed by atoms with Gasteiger partial charge in [-0.15, -0.1) is 0 Å². The molecule has 2 amide bonds. The number of rotatable bonds is 4. The van der Waals surface area contributed by atoms with Crippen LogP contribution in [-0.4, -0.2) is 58.5 Å². The van der Waals surface area contributed by atoms with E-state index in [0.29, 0.717) is 12.1 Å². The number of carbonyl (C=O) groups is 2. The van der Waals surface area contributed by atoms with Crippen molar-refractivity contribution in [3.63, 3.8) is 0 Å². The quantitative estimate of drug-likeness (QED) is 0.710. The van der Waals surface area contributed by atoms with Gasteiger partial charge in [0, 0.05) is 30.0 Å². The van der Waals surface area contributed by atoms with Gasteiger partial charge in [-0.3, -0.25) is 9.59 Å². The maximum atomic E-state index is 13.2. The number of hydrogen-bond acceptors (Lipinski definition) is 3. The number of amides is 2. The highest BCUT2D eigenvalue weighted by molar-refractivity contribution is 5.97. The highest BCUT2D eigenvalue weighted by Crippen LogP contribution is 2.43. The fraction of sp³-hybridized carbons (Fsp3) is 0.429. The zero-order valence-electron chi connectivity index (χ0n) is 19.1.